The fourth-order valence-corrected chi connectivity index (χ4v) is 2.17. The first-order chi connectivity index (χ1) is 7.53. The van der Waals surface area contributed by atoms with E-state index < -0.39 is 49.9 Å². The molecule has 0 fully saturated rings. The van der Waals surface area contributed by atoms with Gasteiger partial charge in [0.15, 0.2) is 0 Å². The van der Waals surface area contributed by atoms with Crippen molar-refractivity contribution in [2.24, 2.45) is 0 Å². The third-order valence-electron chi connectivity index (χ3n) is 2.12. The molecule has 0 heterocycles. The maximum Gasteiger partial charge on any atom is 1.00 e. The van der Waals surface area contributed by atoms with E-state index in [1.165, 1.54) is 0 Å². The molecule has 12 heteroatoms. The summed E-state index contributed by atoms with van der Waals surface area (Å²) in [4.78, 5) is 49.1. The number of rotatable bonds is 7. The molecule has 19 heavy (non-hydrogen) atoms. The maximum atomic E-state index is 11.0. The summed E-state index contributed by atoms with van der Waals surface area (Å²) < 4.78 is 11.0. The number of hydrogen-bond acceptors (Lipinski definition) is 6. The van der Waals surface area contributed by atoms with Crippen molar-refractivity contribution >= 4 is 25.5 Å². The number of carbonyl (C=O) groups excluding carboxylic acids is 2. The van der Waals surface area contributed by atoms with Crippen LogP contribution in [0.4, 0.5) is 0 Å². The van der Waals surface area contributed by atoms with E-state index >= 15 is 0 Å². The van der Waals surface area contributed by atoms with Gasteiger partial charge in [-0.2, -0.15) is 0 Å². The maximum absolute atomic E-state index is 11.0. The van der Waals surface area contributed by atoms with Crippen molar-refractivity contribution in [3.63, 3.8) is 0 Å². The fraction of sp³-hybridized carbons (Fsp3) is 0.571. The van der Waals surface area contributed by atoms with Gasteiger partial charge in [-0.25, -0.2) is 0 Å². The van der Waals surface area contributed by atoms with Crippen LogP contribution in [0.1, 0.15) is 19.3 Å². The van der Waals surface area contributed by atoms with Crippen molar-refractivity contribution in [1.29, 1.82) is 0 Å². The zero-order valence-corrected chi connectivity index (χ0v) is 15.3. The second-order valence-corrected chi connectivity index (χ2v) is 5.25. The molecule has 3 N–H and O–H groups in total. The van der Waals surface area contributed by atoms with Crippen LogP contribution in [0.25, 0.3) is 0 Å². The Kier molecular flexibility index (Phi) is 12.3. The molecule has 0 radical (unpaired) electrons. The minimum atomic E-state index is -5.41. The molecular weight excluding hydrogens is 305 g/mol. The number of carboxylic acid groups (broad SMARTS) is 3. The molecule has 0 aliphatic rings. The van der Waals surface area contributed by atoms with Gasteiger partial charge in [0, 0.05) is 5.97 Å². The van der Waals surface area contributed by atoms with Crippen molar-refractivity contribution in [1.82, 2.24) is 0 Å². The van der Waals surface area contributed by atoms with Crippen LogP contribution in [0.5, 0.6) is 0 Å². The predicted octanol–water partition coefficient (Wildman–Crippen LogP) is -9.33. The second-order valence-electron chi connectivity index (χ2n) is 3.31. The van der Waals surface area contributed by atoms with Gasteiger partial charge in [-0.1, -0.05) is 0 Å². The van der Waals surface area contributed by atoms with Crippen LogP contribution in [0.15, 0.2) is 0 Å². The Morgan fingerprint density at radius 3 is 1.74 bits per heavy atom. The summed E-state index contributed by atoms with van der Waals surface area (Å²) >= 11 is 0. The number of carbonyl (C=O) groups is 3. The van der Waals surface area contributed by atoms with Crippen LogP contribution in [0.3, 0.4) is 0 Å². The van der Waals surface area contributed by atoms with Gasteiger partial charge in [0.1, 0.15) is 5.16 Å². The van der Waals surface area contributed by atoms with Gasteiger partial charge in [-0.05, 0) is 12.8 Å². The third-order valence-corrected chi connectivity index (χ3v) is 3.80. The van der Waals surface area contributed by atoms with Gasteiger partial charge in [-0.3, -0.25) is 9.36 Å². The summed E-state index contributed by atoms with van der Waals surface area (Å²) in [5.41, 5.74) is 0. The van der Waals surface area contributed by atoms with Crippen LogP contribution >= 0.6 is 7.60 Å². The monoisotopic (exact) mass is 314 g/mol. The van der Waals surface area contributed by atoms with E-state index in [1.807, 2.05) is 0 Å². The summed E-state index contributed by atoms with van der Waals surface area (Å²) in [6.07, 6.45) is -3.53. The van der Waals surface area contributed by atoms with E-state index in [0.717, 1.165) is 0 Å². The molecule has 0 aromatic carbocycles. The molecule has 9 nitrogen and oxygen atoms in total. The van der Waals surface area contributed by atoms with E-state index in [1.54, 1.807) is 0 Å². The molecule has 0 saturated carbocycles. The zero-order valence-electron chi connectivity index (χ0n) is 10.4. The summed E-state index contributed by atoms with van der Waals surface area (Å²) in [5, 5.41) is 26.3. The van der Waals surface area contributed by atoms with Crippen molar-refractivity contribution in [2.45, 2.75) is 24.4 Å². The first kappa shape index (κ1) is 24.6. The summed E-state index contributed by atoms with van der Waals surface area (Å²) in [6.45, 7) is 0. The van der Waals surface area contributed by atoms with E-state index in [4.69, 9.17) is 14.9 Å². The van der Waals surface area contributed by atoms with Crippen LogP contribution in [-0.4, -0.2) is 38.0 Å². The SMILES string of the molecule is O=C([O-])CCC(CC(=O)O)(C(=O)[O-])P(=O)(O)O.[Na+].[Na+]. The average molecular weight is 314 g/mol. The van der Waals surface area contributed by atoms with Gasteiger partial charge in [-0.15, -0.1) is 0 Å². The van der Waals surface area contributed by atoms with Crippen LogP contribution in [0, 0.1) is 0 Å². The van der Waals surface area contributed by atoms with Crippen LogP contribution < -0.4 is 69.3 Å². The molecule has 0 aliphatic heterocycles. The summed E-state index contributed by atoms with van der Waals surface area (Å²) in [7, 11) is -5.41. The van der Waals surface area contributed by atoms with Crippen molar-refractivity contribution < 1.29 is 103 Å². The molecule has 0 aromatic heterocycles. The Bertz CT molecular complexity index is 392. The Morgan fingerprint density at radius 2 is 1.53 bits per heavy atom. The minimum Gasteiger partial charge on any atom is -0.550 e. The summed E-state index contributed by atoms with van der Waals surface area (Å²) in [6, 6.07) is 0. The van der Waals surface area contributed by atoms with Gasteiger partial charge >= 0.3 is 72.7 Å². The molecule has 0 aliphatic carbocycles. The molecule has 0 saturated heterocycles. The minimum absolute atomic E-state index is 0. The molecule has 98 valence electrons. The first-order valence-corrected chi connectivity index (χ1v) is 5.83. The van der Waals surface area contributed by atoms with Gasteiger partial charge in [0.25, 0.3) is 0 Å². The molecule has 0 rings (SSSR count). The molecule has 0 spiro atoms. The topological polar surface area (TPSA) is 175 Å². The van der Waals surface area contributed by atoms with Crippen LogP contribution in [-0.2, 0) is 18.9 Å². The average Bonchev–Trinajstić information content (AvgIpc) is 2.08. The largest absolute Gasteiger partial charge is 1.00 e. The molecule has 1 unspecified atom stereocenters. The fourth-order valence-electron chi connectivity index (χ4n) is 1.19. The van der Waals surface area contributed by atoms with Gasteiger partial charge in [0.05, 0.1) is 12.4 Å². The quantitative estimate of drug-likeness (QED) is 0.304. The Labute approximate surface area is 152 Å². The van der Waals surface area contributed by atoms with Crippen molar-refractivity contribution in [3.05, 3.63) is 0 Å². The number of hydrogen-bond donors (Lipinski definition) is 3. The Hall–Kier alpha value is 0.560. The van der Waals surface area contributed by atoms with Crippen molar-refractivity contribution in [3.8, 4) is 0 Å². The number of aliphatic carboxylic acids is 3. The normalized spacial score (nSPS) is 13.4. The molecule has 0 amide bonds. The van der Waals surface area contributed by atoms with E-state index in [0.29, 0.717) is 0 Å². The Balaban J connectivity index is -0.00000128. The molecular formula is C7H9Na2O9P. The van der Waals surface area contributed by atoms with Gasteiger partial charge < -0.3 is 34.7 Å². The zero-order chi connectivity index (χ0) is 13.9. The van der Waals surface area contributed by atoms with E-state index in [-0.39, 0.29) is 59.1 Å². The smallest absolute Gasteiger partial charge is 0.550 e. The van der Waals surface area contributed by atoms with E-state index in [9.17, 15) is 29.2 Å². The van der Waals surface area contributed by atoms with Crippen LogP contribution in [0.2, 0.25) is 0 Å². The first-order valence-electron chi connectivity index (χ1n) is 4.21. The second kappa shape index (κ2) is 9.49. The molecule has 1 atom stereocenters. The van der Waals surface area contributed by atoms with Gasteiger partial charge in [0.2, 0.25) is 0 Å². The third kappa shape index (κ3) is 7.22. The summed E-state index contributed by atoms with van der Waals surface area (Å²) in [5.74, 6) is -5.86. The predicted molar refractivity (Wildman–Crippen MR) is 46.3 cm³/mol. The van der Waals surface area contributed by atoms with Crippen molar-refractivity contribution in [2.75, 3.05) is 0 Å². The number of carboxylic acids is 3. The molecule has 0 aromatic rings. The Morgan fingerprint density at radius 1 is 1.11 bits per heavy atom. The standard InChI is InChI=1S/C7H11O9P.2Na/c8-4(9)1-2-7(6(12)13,3-5(10)11)17(14,15)16;;/h1-3H2,(H,8,9)(H,10,11)(H,12,13)(H2,14,15,16);;/q;2*+1/p-2. The molecule has 0 bridgehead atoms. The van der Waals surface area contributed by atoms with E-state index in [2.05, 4.69) is 0 Å².